The first-order chi connectivity index (χ1) is 5.06. The molecule has 9 heteroatoms. The van der Waals surface area contributed by atoms with E-state index in [2.05, 4.69) is 0 Å². The van der Waals surface area contributed by atoms with Crippen molar-refractivity contribution < 1.29 is 40.9 Å². The minimum Gasteiger partial charge on any atom is -0.349 e. The van der Waals surface area contributed by atoms with Crippen LogP contribution in [0.3, 0.4) is 0 Å². The van der Waals surface area contributed by atoms with Crippen molar-refractivity contribution in [3.8, 4) is 0 Å². The molecule has 0 radical (unpaired) electrons. The Balaban J connectivity index is 4.95. The lowest BCUT2D eigenvalue weighted by molar-refractivity contribution is -0.504. The van der Waals surface area contributed by atoms with Gasteiger partial charge >= 0.3 is 18.1 Å². The molecule has 74 valence electrons. The topological polar surface area (TPSA) is 29.5 Å². The van der Waals surface area contributed by atoms with Gasteiger partial charge in [0.15, 0.2) is 0 Å². The van der Waals surface area contributed by atoms with Gasteiger partial charge in [0.05, 0.1) is 0 Å². The number of alkyl halides is 6. The second-order valence-electron chi connectivity index (χ2n) is 1.72. The summed E-state index contributed by atoms with van der Waals surface area (Å²) in [7, 11) is 0. The van der Waals surface area contributed by atoms with Gasteiger partial charge in [-0.15, -0.1) is 4.94 Å². The van der Waals surface area contributed by atoms with Crippen molar-refractivity contribution in [3.05, 3.63) is 0 Å². The Morgan fingerprint density at radius 1 is 0.833 bits per heavy atom. The Kier molecular flexibility index (Phi) is 2.60. The molecule has 0 aliphatic rings. The predicted molar refractivity (Wildman–Crippen MR) is 19.3 cm³/mol. The van der Waals surface area contributed by atoms with E-state index in [0.717, 1.165) is 0 Å². The molecule has 0 saturated heterocycles. The standard InChI is InChI=1S/C3HF7O2/c4-2(5,6)1(11,12-10)3(7,8)9/h11H. The third-order valence-corrected chi connectivity index (χ3v) is 0.880. The number of rotatable bonds is 1. The minimum atomic E-state index is -6.28. The SMILES string of the molecule is OC(OF)(C(F)(F)F)C(F)(F)F. The van der Waals surface area contributed by atoms with Crippen molar-refractivity contribution in [2.24, 2.45) is 0 Å². The summed E-state index contributed by atoms with van der Waals surface area (Å²) in [6.07, 6.45) is -12.6. The third kappa shape index (κ3) is 1.61. The van der Waals surface area contributed by atoms with Crippen LogP contribution in [0.4, 0.5) is 30.9 Å². The lowest BCUT2D eigenvalue weighted by atomic mass is 10.3. The molecule has 0 spiro atoms. The fourth-order valence-electron chi connectivity index (χ4n) is 0.248. The summed E-state index contributed by atoms with van der Waals surface area (Å²) in [5, 5.41) is 7.65. The van der Waals surface area contributed by atoms with Crippen molar-refractivity contribution in [2.45, 2.75) is 18.1 Å². The Hall–Kier alpha value is -0.570. The molecule has 0 unspecified atom stereocenters. The molecule has 0 heterocycles. The van der Waals surface area contributed by atoms with Crippen molar-refractivity contribution >= 4 is 0 Å². The van der Waals surface area contributed by atoms with Crippen LogP contribution in [0.15, 0.2) is 0 Å². The number of hydrogen-bond donors (Lipinski definition) is 1. The zero-order valence-corrected chi connectivity index (χ0v) is 5.00. The Morgan fingerprint density at radius 3 is 1.08 bits per heavy atom. The monoisotopic (exact) mass is 202 g/mol. The van der Waals surface area contributed by atoms with Gasteiger partial charge in [0.1, 0.15) is 0 Å². The lowest BCUT2D eigenvalue weighted by Crippen LogP contribution is -2.57. The van der Waals surface area contributed by atoms with Gasteiger partial charge in [-0.1, -0.05) is 0 Å². The molecule has 0 aromatic rings. The normalized spacial score (nSPS) is 15.0. The van der Waals surface area contributed by atoms with E-state index in [1.807, 2.05) is 0 Å². The largest absolute Gasteiger partial charge is 0.456 e. The smallest absolute Gasteiger partial charge is 0.349 e. The van der Waals surface area contributed by atoms with Crippen molar-refractivity contribution in [2.75, 3.05) is 0 Å². The van der Waals surface area contributed by atoms with Crippen LogP contribution >= 0.6 is 0 Å². The van der Waals surface area contributed by atoms with Gasteiger partial charge in [-0.05, 0) is 4.53 Å². The Morgan fingerprint density at radius 2 is 1.08 bits per heavy atom. The van der Waals surface area contributed by atoms with Crippen LogP contribution in [-0.4, -0.2) is 23.2 Å². The molecule has 0 saturated carbocycles. The summed E-state index contributed by atoms with van der Waals surface area (Å²) in [6, 6.07) is 0. The molecule has 12 heavy (non-hydrogen) atoms. The van der Waals surface area contributed by atoms with Crippen LogP contribution in [-0.2, 0) is 4.94 Å². The van der Waals surface area contributed by atoms with Gasteiger partial charge in [-0.2, -0.15) is 26.3 Å². The molecule has 2 nitrogen and oxygen atoms in total. The molecule has 0 aromatic carbocycles. The van der Waals surface area contributed by atoms with Crippen LogP contribution < -0.4 is 0 Å². The molecule has 0 aromatic heterocycles. The van der Waals surface area contributed by atoms with E-state index < -0.39 is 18.1 Å². The molecular weight excluding hydrogens is 201 g/mol. The second-order valence-corrected chi connectivity index (χ2v) is 1.72. The maximum absolute atomic E-state index is 11.3. The quantitative estimate of drug-likeness (QED) is 0.518. The van der Waals surface area contributed by atoms with Gasteiger partial charge in [-0.3, -0.25) is 0 Å². The molecule has 0 atom stereocenters. The third-order valence-electron chi connectivity index (χ3n) is 0.880. The number of halogens is 7. The predicted octanol–water partition coefficient (Wildman–Crippen LogP) is 1.70. The second kappa shape index (κ2) is 2.73. The zero-order valence-electron chi connectivity index (χ0n) is 5.00. The first-order valence-electron chi connectivity index (χ1n) is 2.22. The maximum Gasteiger partial charge on any atom is 0.456 e. The van der Waals surface area contributed by atoms with Crippen LogP contribution in [0.2, 0.25) is 0 Å². The van der Waals surface area contributed by atoms with E-state index in [0.29, 0.717) is 0 Å². The molecule has 0 aliphatic carbocycles. The van der Waals surface area contributed by atoms with Crippen LogP contribution in [0, 0.1) is 0 Å². The van der Waals surface area contributed by atoms with Gasteiger partial charge in [0, 0.05) is 0 Å². The van der Waals surface area contributed by atoms with Gasteiger partial charge in [-0.25, -0.2) is 0 Å². The summed E-state index contributed by atoms with van der Waals surface area (Å²) in [4.78, 5) is 1.47. The summed E-state index contributed by atoms with van der Waals surface area (Å²) < 4.78 is 78.4. The average Bonchev–Trinajstić information content (AvgIpc) is 1.81. The average molecular weight is 202 g/mol. The zero-order chi connectivity index (χ0) is 10.2. The summed E-state index contributed by atoms with van der Waals surface area (Å²) in [6.45, 7) is 0. The molecule has 0 rings (SSSR count). The van der Waals surface area contributed by atoms with E-state index in [1.165, 1.54) is 4.94 Å². The molecular formula is C3HF7O2. The van der Waals surface area contributed by atoms with Gasteiger partial charge in [0.2, 0.25) is 0 Å². The number of hydrogen-bond acceptors (Lipinski definition) is 2. The summed E-state index contributed by atoms with van der Waals surface area (Å²) in [5.41, 5.74) is 0. The highest BCUT2D eigenvalue weighted by Crippen LogP contribution is 2.43. The first kappa shape index (κ1) is 11.4. The molecule has 0 bridgehead atoms. The first-order valence-corrected chi connectivity index (χ1v) is 2.22. The number of aliphatic hydroxyl groups is 1. The van der Waals surface area contributed by atoms with Crippen LogP contribution in [0.25, 0.3) is 0 Å². The van der Waals surface area contributed by atoms with E-state index in [4.69, 9.17) is 5.11 Å². The van der Waals surface area contributed by atoms with Crippen molar-refractivity contribution in [1.82, 2.24) is 0 Å². The van der Waals surface area contributed by atoms with Crippen LogP contribution in [0.1, 0.15) is 0 Å². The Bertz CT molecular complexity index is 143. The minimum absolute atomic E-state index is 1.47. The van der Waals surface area contributed by atoms with E-state index in [-0.39, 0.29) is 0 Å². The van der Waals surface area contributed by atoms with E-state index in [9.17, 15) is 30.9 Å². The van der Waals surface area contributed by atoms with Gasteiger partial charge in [0.25, 0.3) is 0 Å². The molecule has 0 fully saturated rings. The van der Waals surface area contributed by atoms with Crippen LogP contribution in [0.5, 0.6) is 0 Å². The Labute approximate surface area is 60.4 Å². The maximum atomic E-state index is 11.3. The fourth-order valence-corrected chi connectivity index (χ4v) is 0.248. The van der Waals surface area contributed by atoms with E-state index in [1.54, 1.807) is 0 Å². The highest BCUT2D eigenvalue weighted by Gasteiger charge is 2.74. The fraction of sp³-hybridized carbons (Fsp3) is 1.00. The summed E-state index contributed by atoms with van der Waals surface area (Å²) in [5.74, 6) is -5.75. The lowest BCUT2D eigenvalue weighted by Gasteiger charge is -2.26. The molecule has 0 amide bonds. The highest BCUT2D eigenvalue weighted by molar-refractivity contribution is 4.83. The van der Waals surface area contributed by atoms with Crippen molar-refractivity contribution in [3.63, 3.8) is 0 Å². The molecule has 1 N–H and O–H groups in total. The van der Waals surface area contributed by atoms with Gasteiger partial charge < -0.3 is 5.11 Å². The molecule has 0 aliphatic heterocycles. The summed E-state index contributed by atoms with van der Waals surface area (Å²) >= 11 is 0. The highest BCUT2D eigenvalue weighted by atomic mass is 19.4. The van der Waals surface area contributed by atoms with Crippen molar-refractivity contribution in [1.29, 1.82) is 0 Å². The van der Waals surface area contributed by atoms with E-state index >= 15 is 0 Å².